The van der Waals surface area contributed by atoms with Gasteiger partial charge in [0.1, 0.15) is 6.26 Å². The first-order chi connectivity index (χ1) is 8.49. The van der Waals surface area contributed by atoms with Crippen molar-refractivity contribution in [3.8, 4) is 0 Å². The Morgan fingerprint density at radius 1 is 1.28 bits per heavy atom. The average molecular weight is 266 g/mol. The van der Waals surface area contributed by atoms with Gasteiger partial charge in [0.15, 0.2) is 6.39 Å². The topological polar surface area (TPSA) is 72.2 Å². The molecule has 0 fully saturated rings. The largest absolute Gasteiger partial charge is 0.451 e. The molecule has 0 unspecified atom stereocenters. The fraction of sp³-hybridized carbons (Fsp3) is 0.250. The Bertz CT molecular complexity index is 633. The highest BCUT2D eigenvalue weighted by atomic mass is 32.2. The van der Waals surface area contributed by atoms with Crippen molar-refractivity contribution in [3.63, 3.8) is 0 Å². The van der Waals surface area contributed by atoms with Crippen LogP contribution in [0.25, 0.3) is 0 Å². The van der Waals surface area contributed by atoms with Crippen molar-refractivity contribution < 1.29 is 12.8 Å². The predicted molar refractivity (Wildman–Crippen MR) is 66.4 cm³/mol. The number of benzene rings is 1. The molecule has 6 heteroatoms. The van der Waals surface area contributed by atoms with E-state index in [0.29, 0.717) is 5.69 Å². The molecule has 1 aromatic heterocycles. The van der Waals surface area contributed by atoms with E-state index in [-0.39, 0.29) is 11.4 Å². The van der Waals surface area contributed by atoms with Gasteiger partial charge in [0.25, 0.3) is 0 Å². The molecule has 0 spiro atoms. The van der Waals surface area contributed by atoms with Gasteiger partial charge in [0.05, 0.1) is 17.1 Å². The Labute approximate surface area is 106 Å². The lowest BCUT2D eigenvalue weighted by Gasteiger charge is -2.07. The Morgan fingerprint density at radius 3 is 2.67 bits per heavy atom. The standard InChI is InChI=1S/C12H14N2O3S/c1-9-3-4-12(5-10(9)2)18(15,16)14-6-11-7-17-8-13-11/h3-5,7-8,14H,6H2,1-2H3. The molecule has 0 amide bonds. The second kappa shape index (κ2) is 4.91. The lowest BCUT2D eigenvalue weighted by atomic mass is 10.1. The fourth-order valence-electron chi connectivity index (χ4n) is 1.46. The van der Waals surface area contributed by atoms with E-state index in [2.05, 4.69) is 9.71 Å². The summed E-state index contributed by atoms with van der Waals surface area (Å²) < 4.78 is 31.3. The van der Waals surface area contributed by atoms with Crippen LogP contribution in [0.2, 0.25) is 0 Å². The summed E-state index contributed by atoms with van der Waals surface area (Å²) in [5.74, 6) is 0. The maximum absolute atomic E-state index is 12.0. The summed E-state index contributed by atoms with van der Waals surface area (Å²) in [5, 5.41) is 0. The van der Waals surface area contributed by atoms with Crippen LogP contribution in [0.4, 0.5) is 0 Å². The minimum Gasteiger partial charge on any atom is -0.451 e. The highest BCUT2D eigenvalue weighted by Gasteiger charge is 2.14. The van der Waals surface area contributed by atoms with Crippen LogP contribution >= 0.6 is 0 Å². The summed E-state index contributed by atoms with van der Waals surface area (Å²) in [6.07, 6.45) is 2.67. The molecule has 1 aromatic carbocycles. The summed E-state index contributed by atoms with van der Waals surface area (Å²) in [6.45, 7) is 3.94. The molecule has 2 rings (SSSR count). The molecule has 0 aliphatic heterocycles. The van der Waals surface area contributed by atoms with Crippen LogP contribution in [0.15, 0.2) is 40.2 Å². The molecule has 1 heterocycles. The number of hydrogen-bond donors (Lipinski definition) is 1. The quantitative estimate of drug-likeness (QED) is 0.915. The molecule has 1 N–H and O–H groups in total. The van der Waals surface area contributed by atoms with Gasteiger partial charge in [-0.25, -0.2) is 18.1 Å². The monoisotopic (exact) mass is 266 g/mol. The van der Waals surface area contributed by atoms with Gasteiger partial charge in [-0.15, -0.1) is 0 Å². The van der Waals surface area contributed by atoms with E-state index in [9.17, 15) is 8.42 Å². The first-order valence-corrected chi connectivity index (χ1v) is 6.91. The first kappa shape index (κ1) is 12.8. The van der Waals surface area contributed by atoms with Gasteiger partial charge in [0, 0.05) is 0 Å². The maximum atomic E-state index is 12.0. The molecule has 0 atom stereocenters. The van der Waals surface area contributed by atoms with Gasteiger partial charge in [-0.3, -0.25) is 0 Å². The molecular weight excluding hydrogens is 252 g/mol. The molecule has 5 nitrogen and oxygen atoms in total. The first-order valence-electron chi connectivity index (χ1n) is 5.43. The molecule has 2 aromatic rings. The lowest BCUT2D eigenvalue weighted by molar-refractivity contribution is 0.555. The van der Waals surface area contributed by atoms with Crippen molar-refractivity contribution in [3.05, 3.63) is 47.7 Å². The molecular formula is C12H14N2O3S. The maximum Gasteiger partial charge on any atom is 0.240 e. The van der Waals surface area contributed by atoms with Crippen molar-refractivity contribution in [1.82, 2.24) is 9.71 Å². The molecule has 18 heavy (non-hydrogen) atoms. The Hall–Kier alpha value is -1.66. The van der Waals surface area contributed by atoms with Gasteiger partial charge < -0.3 is 4.42 Å². The molecule has 0 saturated carbocycles. The van der Waals surface area contributed by atoms with E-state index < -0.39 is 10.0 Å². The van der Waals surface area contributed by atoms with E-state index in [4.69, 9.17) is 4.42 Å². The van der Waals surface area contributed by atoms with Crippen molar-refractivity contribution >= 4 is 10.0 Å². The Kier molecular flexibility index (Phi) is 3.49. The third-order valence-corrected chi connectivity index (χ3v) is 4.11. The minimum absolute atomic E-state index is 0.117. The highest BCUT2D eigenvalue weighted by molar-refractivity contribution is 7.89. The van der Waals surface area contributed by atoms with Gasteiger partial charge in [-0.05, 0) is 37.1 Å². The van der Waals surface area contributed by atoms with Crippen molar-refractivity contribution in [2.45, 2.75) is 25.3 Å². The van der Waals surface area contributed by atoms with E-state index in [1.54, 1.807) is 18.2 Å². The third-order valence-electron chi connectivity index (χ3n) is 2.72. The minimum atomic E-state index is -3.51. The SMILES string of the molecule is Cc1ccc(S(=O)(=O)NCc2cocn2)cc1C. The van der Waals surface area contributed by atoms with E-state index in [0.717, 1.165) is 11.1 Å². The van der Waals surface area contributed by atoms with E-state index in [1.807, 2.05) is 13.8 Å². The third kappa shape index (κ3) is 2.77. The smallest absolute Gasteiger partial charge is 0.240 e. The van der Waals surface area contributed by atoms with E-state index in [1.165, 1.54) is 12.7 Å². The van der Waals surface area contributed by atoms with Gasteiger partial charge >= 0.3 is 0 Å². The Balaban J connectivity index is 2.17. The van der Waals surface area contributed by atoms with E-state index >= 15 is 0 Å². The average Bonchev–Trinajstić information content (AvgIpc) is 2.83. The number of hydrogen-bond acceptors (Lipinski definition) is 4. The van der Waals surface area contributed by atoms with Crippen LogP contribution in [-0.4, -0.2) is 13.4 Å². The van der Waals surface area contributed by atoms with Crippen LogP contribution < -0.4 is 4.72 Å². The molecule has 0 bridgehead atoms. The number of nitrogens with one attached hydrogen (secondary N) is 1. The molecule has 96 valence electrons. The molecule has 0 aliphatic rings. The van der Waals surface area contributed by atoms with Gasteiger partial charge in [0.2, 0.25) is 10.0 Å². The Morgan fingerprint density at radius 2 is 2.06 bits per heavy atom. The summed E-state index contributed by atoms with van der Waals surface area (Å²) in [7, 11) is -3.51. The summed E-state index contributed by atoms with van der Waals surface area (Å²) in [4.78, 5) is 4.11. The zero-order chi connectivity index (χ0) is 13.2. The summed E-state index contributed by atoms with van der Waals surface area (Å²) in [6, 6.07) is 5.04. The van der Waals surface area contributed by atoms with Crippen molar-refractivity contribution in [1.29, 1.82) is 0 Å². The second-order valence-electron chi connectivity index (χ2n) is 4.05. The van der Waals surface area contributed by atoms with Gasteiger partial charge in [-0.1, -0.05) is 6.07 Å². The zero-order valence-electron chi connectivity index (χ0n) is 10.2. The lowest BCUT2D eigenvalue weighted by Crippen LogP contribution is -2.23. The summed E-state index contributed by atoms with van der Waals surface area (Å²) >= 11 is 0. The van der Waals surface area contributed by atoms with Crippen LogP contribution in [0.3, 0.4) is 0 Å². The number of rotatable bonds is 4. The molecule has 0 saturated heterocycles. The fourth-order valence-corrected chi connectivity index (χ4v) is 2.54. The van der Waals surface area contributed by atoms with Crippen molar-refractivity contribution in [2.75, 3.05) is 0 Å². The number of oxazole rings is 1. The zero-order valence-corrected chi connectivity index (χ0v) is 11.0. The number of aromatic nitrogens is 1. The highest BCUT2D eigenvalue weighted by Crippen LogP contribution is 2.14. The van der Waals surface area contributed by atoms with Gasteiger partial charge in [-0.2, -0.15) is 0 Å². The van der Waals surface area contributed by atoms with Crippen LogP contribution in [-0.2, 0) is 16.6 Å². The van der Waals surface area contributed by atoms with Crippen molar-refractivity contribution in [2.24, 2.45) is 0 Å². The number of aryl methyl sites for hydroxylation is 2. The van der Waals surface area contributed by atoms with Crippen LogP contribution in [0, 0.1) is 13.8 Å². The number of nitrogens with zero attached hydrogens (tertiary/aromatic N) is 1. The molecule has 0 aliphatic carbocycles. The summed E-state index contributed by atoms with van der Waals surface area (Å²) in [5.41, 5.74) is 2.55. The molecule has 0 radical (unpaired) electrons. The van der Waals surface area contributed by atoms with Crippen LogP contribution in [0.5, 0.6) is 0 Å². The van der Waals surface area contributed by atoms with Crippen LogP contribution in [0.1, 0.15) is 16.8 Å². The normalized spacial score (nSPS) is 11.7. The number of sulfonamides is 1. The predicted octanol–water partition coefficient (Wildman–Crippen LogP) is 1.77. The second-order valence-corrected chi connectivity index (χ2v) is 5.82.